The van der Waals surface area contributed by atoms with Crippen molar-refractivity contribution in [1.29, 1.82) is 0 Å². The number of aryl methyl sites for hydroxylation is 1. The summed E-state index contributed by atoms with van der Waals surface area (Å²) in [4.78, 5) is 14.5. The Labute approximate surface area is 212 Å². The predicted octanol–water partition coefficient (Wildman–Crippen LogP) is 4.83. The Balaban J connectivity index is 1.58. The highest BCUT2D eigenvalue weighted by atomic mass is 32.2. The average Bonchev–Trinajstić information content (AvgIpc) is 3.27. The van der Waals surface area contributed by atoms with Crippen LogP contribution in [-0.2, 0) is 29.6 Å². The lowest BCUT2D eigenvalue weighted by Gasteiger charge is -2.43. The van der Waals surface area contributed by atoms with Gasteiger partial charge in [0.25, 0.3) is 0 Å². The molecule has 1 spiro atoms. The zero-order valence-corrected chi connectivity index (χ0v) is 22.8. The van der Waals surface area contributed by atoms with Crippen LogP contribution in [-0.4, -0.2) is 48.8 Å². The maximum Gasteiger partial charge on any atom is 0.410 e. The molecular weight excluding hydrogens is 462 g/mol. The molecule has 4 rings (SSSR count). The Morgan fingerprint density at radius 1 is 1.17 bits per heavy atom. The molecule has 1 aliphatic carbocycles. The number of ether oxygens (including phenoxy) is 1. The molecule has 35 heavy (non-hydrogen) atoms. The first-order valence-electron chi connectivity index (χ1n) is 12.3. The van der Waals surface area contributed by atoms with Crippen molar-refractivity contribution in [3.63, 3.8) is 0 Å². The zero-order chi connectivity index (χ0) is 25.6. The monoisotopic (exact) mass is 501 g/mol. The molecule has 2 aromatic rings. The van der Waals surface area contributed by atoms with Crippen LogP contribution in [0.1, 0.15) is 71.6 Å². The minimum Gasteiger partial charge on any atom is -0.598 e. The van der Waals surface area contributed by atoms with Crippen LogP contribution in [0.25, 0.3) is 0 Å². The minimum absolute atomic E-state index is 0.0611. The van der Waals surface area contributed by atoms with E-state index in [1.54, 1.807) is 10.9 Å². The second kappa shape index (κ2) is 9.33. The molecule has 9 heteroatoms. The lowest BCUT2D eigenvalue weighted by atomic mass is 9.73. The van der Waals surface area contributed by atoms with Gasteiger partial charge in [-0.05, 0) is 84.1 Å². The molecule has 2 aliphatic rings. The summed E-state index contributed by atoms with van der Waals surface area (Å²) < 4.78 is 23.7. The number of nitrogens with one attached hydrogen (secondary N) is 2. The molecule has 1 amide bonds. The van der Waals surface area contributed by atoms with Gasteiger partial charge in [-0.1, -0.05) is 6.07 Å². The molecule has 0 saturated carbocycles. The lowest BCUT2D eigenvalue weighted by molar-refractivity contribution is 0.00716. The normalized spacial score (nSPS) is 20.6. The minimum atomic E-state index is -1.22. The summed E-state index contributed by atoms with van der Waals surface area (Å²) >= 11 is -1.22. The van der Waals surface area contributed by atoms with Gasteiger partial charge in [-0.25, -0.2) is 4.79 Å². The van der Waals surface area contributed by atoms with Crippen LogP contribution in [0.2, 0.25) is 0 Å². The van der Waals surface area contributed by atoms with Crippen LogP contribution in [0.3, 0.4) is 0 Å². The molecule has 2 atom stereocenters. The zero-order valence-electron chi connectivity index (χ0n) is 22.0. The smallest absolute Gasteiger partial charge is 0.410 e. The van der Waals surface area contributed by atoms with Gasteiger partial charge in [0.15, 0.2) is 0 Å². The first-order chi connectivity index (χ1) is 16.3. The van der Waals surface area contributed by atoms with Gasteiger partial charge in [-0.2, -0.15) is 5.10 Å². The van der Waals surface area contributed by atoms with E-state index in [0.29, 0.717) is 13.1 Å². The van der Waals surface area contributed by atoms with Crippen LogP contribution in [0, 0.1) is 5.41 Å². The average molecular weight is 502 g/mol. The van der Waals surface area contributed by atoms with Gasteiger partial charge in [0.1, 0.15) is 10.3 Å². The van der Waals surface area contributed by atoms with Crippen molar-refractivity contribution in [2.75, 3.05) is 18.4 Å². The van der Waals surface area contributed by atoms with Crippen molar-refractivity contribution >= 4 is 28.8 Å². The third-order valence-corrected chi connectivity index (χ3v) is 8.36. The number of anilines is 2. The molecule has 8 nitrogen and oxygen atoms in total. The number of piperidine rings is 1. The number of nitrogens with zero attached hydrogens (tertiary/aromatic N) is 3. The van der Waals surface area contributed by atoms with Crippen molar-refractivity contribution in [2.24, 2.45) is 12.5 Å². The molecule has 2 heterocycles. The molecule has 1 saturated heterocycles. The van der Waals surface area contributed by atoms with E-state index in [4.69, 9.17) is 4.74 Å². The molecule has 1 unspecified atom stereocenters. The number of carbonyl (C=O) groups excluding carboxylic acids is 1. The Morgan fingerprint density at radius 2 is 1.86 bits per heavy atom. The molecule has 1 aromatic heterocycles. The number of benzene rings is 1. The molecule has 2 N–H and O–H groups in total. The fraction of sp³-hybridized carbons (Fsp3) is 0.615. The van der Waals surface area contributed by atoms with Crippen LogP contribution in [0.4, 0.5) is 16.2 Å². The summed E-state index contributed by atoms with van der Waals surface area (Å²) in [5.74, 6) is 0. The van der Waals surface area contributed by atoms with Gasteiger partial charge in [-0.15, -0.1) is 4.72 Å². The van der Waals surface area contributed by atoms with E-state index in [9.17, 15) is 9.35 Å². The molecule has 0 bridgehead atoms. The highest BCUT2D eigenvalue weighted by Crippen LogP contribution is 2.53. The van der Waals surface area contributed by atoms with Gasteiger partial charge in [0, 0.05) is 48.8 Å². The van der Waals surface area contributed by atoms with E-state index in [1.807, 2.05) is 59.7 Å². The second-order valence-electron chi connectivity index (χ2n) is 11.9. The van der Waals surface area contributed by atoms with Gasteiger partial charge in [-0.3, -0.25) is 4.68 Å². The van der Waals surface area contributed by atoms with Crippen molar-refractivity contribution in [3.8, 4) is 0 Å². The van der Waals surface area contributed by atoms with E-state index >= 15 is 0 Å². The SMILES string of the molecule is Cn1cc(Nc2ccc3c(c2)[C@@H](N[S+]([O-])C(C)(C)C)C2(CCN(C(=O)OC(C)(C)C)CC2)C3)cn1. The van der Waals surface area contributed by atoms with Crippen LogP contribution < -0.4 is 10.0 Å². The number of rotatable bonds is 4. The molecule has 1 aliphatic heterocycles. The summed E-state index contributed by atoms with van der Waals surface area (Å²) in [6.07, 6.45) is 6.03. The Morgan fingerprint density at radius 3 is 2.43 bits per heavy atom. The van der Waals surface area contributed by atoms with Crippen LogP contribution in [0.5, 0.6) is 0 Å². The van der Waals surface area contributed by atoms with Gasteiger partial charge < -0.3 is 19.5 Å². The van der Waals surface area contributed by atoms with E-state index in [1.165, 1.54) is 11.1 Å². The van der Waals surface area contributed by atoms with Crippen molar-refractivity contribution in [1.82, 2.24) is 19.4 Å². The van der Waals surface area contributed by atoms with Crippen LogP contribution in [0.15, 0.2) is 30.6 Å². The maximum atomic E-state index is 13.3. The Kier molecular flexibility index (Phi) is 6.89. The summed E-state index contributed by atoms with van der Waals surface area (Å²) in [6.45, 7) is 12.9. The van der Waals surface area contributed by atoms with Crippen molar-refractivity contribution in [3.05, 3.63) is 41.7 Å². The van der Waals surface area contributed by atoms with Gasteiger partial charge in [0.2, 0.25) is 0 Å². The molecule has 0 radical (unpaired) electrons. The second-order valence-corrected chi connectivity index (χ2v) is 13.9. The fourth-order valence-corrected chi connectivity index (χ4v) is 5.91. The molecular formula is C26H39N5O3S. The third-order valence-electron chi connectivity index (χ3n) is 6.80. The summed E-state index contributed by atoms with van der Waals surface area (Å²) in [6, 6.07) is 6.39. The Hall–Kier alpha value is -2.23. The number of likely N-dealkylation sites (tertiary alicyclic amines) is 1. The predicted molar refractivity (Wildman–Crippen MR) is 140 cm³/mol. The number of carbonyl (C=O) groups is 1. The van der Waals surface area contributed by atoms with E-state index in [0.717, 1.165) is 30.6 Å². The van der Waals surface area contributed by atoms with E-state index in [2.05, 4.69) is 33.3 Å². The number of hydrogen-bond donors (Lipinski definition) is 2. The number of amides is 1. The standard InChI is InChI=1S/C26H39N5O3S/c1-24(2,3)34-23(32)31-12-10-26(11-13-31)15-18-8-9-19(28-20-16-27-30(7)17-20)14-21(18)22(26)29-35(33)25(4,5)6/h8-9,14,16-17,22,28-29H,10-13,15H2,1-7H3/t22-,35?/m1/s1. The van der Waals surface area contributed by atoms with Gasteiger partial charge in [0.05, 0.1) is 17.9 Å². The summed E-state index contributed by atoms with van der Waals surface area (Å²) in [7, 11) is 1.89. The fourth-order valence-electron chi connectivity index (χ4n) is 4.96. The quantitative estimate of drug-likeness (QED) is 0.583. The van der Waals surface area contributed by atoms with Crippen molar-refractivity contribution in [2.45, 2.75) is 77.2 Å². The van der Waals surface area contributed by atoms with Gasteiger partial charge >= 0.3 is 6.09 Å². The van der Waals surface area contributed by atoms with Crippen molar-refractivity contribution < 1.29 is 14.1 Å². The first kappa shape index (κ1) is 25.9. The summed E-state index contributed by atoms with van der Waals surface area (Å²) in [5, 5.41) is 7.67. The topological polar surface area (TPSA) is 94.5 Å². The number of aromatic nitrogens is 2. The number of fused-ring (bicyclic) bond motifs is 1. The highest BCUT2D eigenvalue weighted by Gasteiger charge is 2.51. The third kappa shape index (κ3) is 5.78. The molecule has 1 fully saturated rings. The molecule has 192 valence electrons. The van der Waals surface area contributed by atoms with Crippen LogP contribution >= 0.6 is 0 Å². The largest absolute Gasteiger partial charge is 0.598 e. The molecule has 1 aromatic carbocycles. The van der Waals surface area contributed by atoms with E-state index < -0.39 is 17.0 Å². The van der Waals surface area contributed by atoms with E-state index in [-0.39, 0.29) is 22.3 Å². The maximum absolute atomic E-state index is 13.3. The Bertz CT molecular complexity index is 1060. The first-order valence-corrected chi connectivity index (χ1v) is 13.5. The number of hydrogen-bond acceptors (Lipinski definition) is 6. The summed E-state index contributed by atoms with van der Waals surface area (Å²) in [5.41, 5.74) is 3.75. The lowest BCUT2D eigenvalue weighted by Crippen LogP contribution is -2.51. The highest BCUT2D eigenvalue weighted by molar-refractivity contribution is 7.90.